The fraction of sp³-hybridized carbons (Fsp3) is 0.714. The number of fused-ring (bicyclic) bond motifs is 2. The summed E-state index contributed by atoms with van der Waals surface area (Å²) < 4.78 is 34.7. The molecule has 0 aliphatic carbocycles. The van der Waals surface area contributed by atoms with Crippen LogP contribution in [0.25, 0.3) is 0 Å². The minimum atomic E-state index is -2.86. The number of halogens is 2. The van der Waals surface area contributed by atoms with Crippen LogP contribution in [0.5, 0.6) is 5.75 Å². The molecule has 4 fully saturated rings. The van der Waals surface area contributed by atoms with Gasteiger partial charge in [-0.05, 0) is 31.8 Å². The lowest BCUT2D eigenvalue weighted by molar-refractivity contribution is -0.116. The molecular weight excluding hydrogens is 294 g/mol. The highest BCUT2D eigenvalue weighted by molar-refractivity contribution is 5.34. The zero-order chi connectivity index (χ0) is 15.2. The van der Waals surface area contributed by atoms with Crippen molar-refractivity contribution in [2.75, 3.05) is 37.8 Å². The van der Waals surface area contributed by atoms with E-state index in [1.54, 1.807) is 0 Å². The van der Waals surface area contributed by atoms with Crippen LogP contribution in [-0.4, -0.2) is 60.0 Å². The molecule has 2 bridgehead atoms. The molecule has 4 aliphatic heterocycles. The Balaban J connectivity index is 1.46. The van der Waals surface area contributed by atoms with E-state index in [0.717, 1.165) is 26.2 Å². The van der Waals surface area contributed by atoms with Gasteiger partial charge in [-0.25, -0.2) is 9.97 Å². The zero-order valence-electron chi connectivity index (χ0n) is 12.1. The molecule has 120 valence electrons. The highest BCUT2D eigenvalue weighted by Gasteiger charge is 2.52. The normalized spacial score (nSPS) is 33.9. The van der Waals surface area contributed by atoms with Gasteiger partial charge in [0.2, 0.25) is 5.95 Å². The smallest absolute Gasteiger partial charge is 0.387 e. The molecule has 22 heavy (non-hydrogen) atoms. The predicted octanol–water partition coefficient (Wildman–Crippen LogP) is 1.34. The van der Waals surface area contributed by atoms with Crippen molar-refractivity contribution in [1.29, 1.82) is 0 Å². The molecule has 1 aromatic rings. The second-order valence-electron chi connectivity index (χ2n) is 6.18. The van der Waals surface area contributed by atoms with Gasteiger partial charge in [-0.2, -0.15) is 8.78 Å². The molecule has 1 spiro atoms. The predicted molar refractivity (Wildman–Crippen MR) is 73.9 cm³/mol. The second kappa shape index (κ2) is 5.27. The molecule has 0 unspecified atom stereocenters. The number of piperidine rings is 3. The van der Waals surface area contributed by atoms with Gasteiger partial charge < -0.3 is 19.3 Å². The summed E-state index contributed by atoms with van der Waals surface area (Å²) in [4.78, 5) is 12.6. The maximum Gasteiger partial charge on any atom is 0.387 e. The number of anilines is 1. The third-order valence-electron chi connectivity index (χ3n) is 4.91. The first kappa shape index (κ1) is 14.1. The molecule has 1 aromatic heterocycles. The van der Waals surface area contributed by atoms with Crippen molar-refractivity contribution in [2.24, 2.45) is 5.92 Å². The van der Waals surface area contributed by atoms with Crippen LogP contribution < -0.4 is 9.64 Å². The average molecular weight is 312 g/mol. The number of hydrogen-bond acceptors (Lipinski definition) is 6. The van der Waals surface area contributed by atoms with Gasteiger partial charge in [0.25, 0.3) is 0 Å². The number of ether oxygens (including phenoxy) is 2. The molecule has 4 saturated heterocycles. The van der Waals surface area contributed by atoms with Crippen LogP contribution in [0.1, 0.15) is 12.8 Å². The summed E-state index contributed by atoms with van der Waals surface area (Å²) in [6, 6.07) is 0. The maximum absolute atomic E-state index is 12.1. The Morgan fingerprint density at radius 3 is 2.55 bits per heavy atom. The van der Waals surface area contributed by atoms with Gasteiger partial charge in [0.15, 0.2) is 5.75 Å². The van der Waals surface area contributed by atoms with Gasteiger partial charge >= 0.3 is 6.61 Å². The number of alkyl halides is 2. The molecule has 8 heteroatoms. The third-order valence-corrected chi connectivity index (χ3v) is 4.91. The van der Waals surface area contributed by atoms with E-state index >= 15 is 0 Å². The van der Waals surface area contributed by atoms with Crippen LogP contribution in [0.15, 0.2) is 12.4 Å². The third kappa shape index (κ3) is 2.40. The molecule has 1 atom stereocenters. The summed E-state index contributed by atoms with van der Waals surface area (Å²) in [5, 5.41) is 0. The Morgan fingerprint density at radius 2 is 1.95 bits per heavy atom. The van der Waals surface area contributed by atoms with E-state index in [2.05, 4.69) is 19.6 Å². The highest BCUT2D eigenvalue weighted by atomic mass is 19.3. The molecule has 5 rings (SSSR count). The summed E-state index contributed by atoms with van der Waals surface area (Å²) in [6.45, 7) is 1.61. The fourth-order valence-electron chi connectivity index (χ4n) is 3.85. The first-order valence-corrected chi connectivity index (χ1v) is 7.53. The minimum Gasteiger partial charge on any atom is -0.432 e. The van der Waals surface area contributed by atoms with Crippen LogP contribution in [0.2, 0.25) is 0 Å². The maximum atomic E-state index is 12.1. The number of hydrogen-bond donors (Lipinski definition) is 0. The number of rotatable bonds is 3. The monoisotopic (exact) mass is 312 g/mol. The Hall–Kier alpha value is -1.54. The first-order chi connectivity index (χ1) is 10.6. The van der Waals surface area contributed by atoms with Crippen LogP contribution in [0.3, 0.4) is 0 Å². The van der Waals surface area contributed by atoms with Crippen LogP contribution in [0, 0.1) is 5.92 Å². The molecule has 5 heterocycles. The van der Waals surface area contributed by atoms with E-state index in [4.69, 9.17) is 4.74 Å². The fourth-order valence-corrected chi connectivity index (χ4v) is 3.85. The van der Waals surface area contributed by atoms with Gasteiger partial charge in [-0.1, -0.05) is 0 Å². The van der Waals surface area contributed by atoms with Crippen molar-refractivity contribution in [2.45, 2.75) is 25.1 Å². The molecule has 4 aliphatic rings. The standard InChI is InChI=1S/C14H18F2N4O2/c15-12(16)22-11-5-17-13(18-6-11)20-8-14(21-9-20)7-19-3-1-10(14)2-4-19/h5-6,10,12H,1-4,7-9H2/t14-/m1/s1. The Bertz CT molecular complexity index is 536. The highest BCUT2D eigenvalue weighted by Crippen LogP contribution is 2.42. The summed E-state index contributed by atoms with van der Waals surface area (Å²) in [7, 11) is 0. The van der Waals surface area contributed by atoms with E-state index in [1.165, 1.54) is 25.2 Å². The van der Waals surface area contributed by atoms with Crippen LogP contribution in [0.4, 0.5) is 14.7 Å². The average Bonchev–Trinajstić information content (AvgIpc) is 2.92. The number of nitrogens with zero attached hydrogens (tertiary/aromatic N) is 4. The van der Waals surface area contributed by atoms with Gasteiger partial charge in [-0.15, -0.1) is 0 Å². The lowest BCUT2D eigenvalue weighted by atomic mass is 9.75. The van der Waals surface area contributed by atoms with Gasteiger partial charge in [0, 0.05) is 6.54 Å². The van der Waals surface area contributed by atoms with E-state index in [0.29, 0.717) is 18.6 Å². The second-order valence-corrected chi connectivity index (χ2v) is 6.18. The summed E-state index contributed by atoms with van der Waals surface area (Å²) in [5.74, 6) is 1.05. The molecule has 0 saturated carbocycles. The van der Waals surface area contributed by atoms with Gasteiger partial charge in [0.05, 0.1) is 18.9 Å². The Kier molecular flexibility index (Phi) is 3.37. The van der Waals surface area contributed by atoms with Crippen molar-refractivity contribution in [3.63, 3.8) is 0 Å². The molecule has 6 nitrogen and oxygen atoms in total. The van der Waals surface area contributed by atoms with Crippen molar-refractivity contribution in [1.82, 2.24) is 14.9 Å². The number of aromatic nitrogens is 2. The Labute approximate surface area is 127 Å². The van der Waals surface area contributed by atoms with Crippen molar-refractivity contribution < 1.29 is 18.3 Å². The summed E-state index contributed by atoms with van der Waals surface area (Å²) >= 11 is 0. The topological polar surface area (TPSA) is 50.7 Å². The summed E-state index contributed by atoms with van der Waals surface area (Å²) in [6.07, 6.45) is 4.90. The van der Waals surface area contributed by atoms with E-state index < -0.39 is 6.61 Å². The quantitative estimate of drug-likeness (QED) is 0.839. The first-order valence-electron chi connectivity index (χ1n) is 7.53. The van der Waals surface area contributed by atoms with E-state index in [-0.39, 0.29) is 11.4 Å². The lowest BCUT2D eigenvalue weighted by Crippen LogP contribution is -2.61. The molecule has 0 N–H and O–H groups in total. The largest absolute Gasteiger partial charge is 0.432 e. The van der Waals surface area contributed by atoms with E-state index in [1.807, 2.05) is 4.90 Å². The molecule has 0 aromatic carbocycles. The van der Waals surface area contributed by atoms with Crippen LogP contribution in [-0.2, 0) is 4.74 Å². The van der Waals surface area contributed by atoms with Crippen molar-refractivity contribution in [3.8, 4) is 5.75 Å². The van der Waals surface area contributed by atoms with Gasteiger partial charge in [-0.3, -0.25) is 0 Å². The van der Waals surface area contributed by atoms with Gasteiger partial charge in [0.1, 0.15) is 12.3 Å². The SMILES string of the molecule is FC(F)Oc1cnc(N2CO[C@]3(CN4CCC3CC4)C2)nc1. The molecule has 0 amide bonds. The lowest BCUT2D eigenvalue weighted by Gasteiger charge is -2.50. The van der Waals surface area contributed by atoms with Crippen LogP contribution >= 0.6 is 0 Å². The Morgan fingerprint density at radius 1 is 1.23 bits per heavy atom. The zero-order valence-corrected chi connectivity index (χ0v) is 12.1. The molecule has 0 radical (unpaired) electrons. The summed E-state index contributed by atoms with van der Waals surface area (Å²) in [5.41, 5.74) is -0.127. The van der Waals surface area contributed by atoms with Crippen molar-refractivity contribution >= 4 is 5.95 Å². The molecular formula is C14H18F2N4O2. The van der Waals surface area contributed by atoms with E-state index in [9.17, 15) is 8.78 Å². The van der Waals surface area contributed by atoms with Crippen molar-refractivity contribution in [3.05, 3.63) is 12.4 Å². The minimum absolute atomic E-state index is 0.0311.